The minimum absolute atomic E-state index is 0.00805. The quantitative estimate of drug-likeness (QED) is 0.382. The molecule has 0 atom stereocenters. The summed E-state index contributed by atoms with van der Waals surface area (Å²) in [4.78, 5) is 16.5. The fourth-order valence-electron chi connectivity index (χ4n) is 2.59. The van der Waals surface area contributed by atoms with E-state index in [1.165, 1.54) is 12.1 Å². The van der Waals surface area contributed by atoms with Crippen LogP contribution in [0.4, 0.5) is 23.2 Å². The predicted molar refractivity (Wildman–Crippen MR) is 118 cm³/mol. The third-order valence-corrected chi connectivity index (χ3v) is 4.81. The molecule has 0 spiro atoms. The van der Waals surface area contributed by atoms with E-state index in [1.807, 2.05) is 19.1 Å². The summed E-state index contributed by atoms with van der Waals surface area (Å²) in [6, 6.07) is 12.1. The van der Waals surface area contributed by atoms with Gasteiger partial charge in [-0.1, -0.05) is 36.7 Å². The Morgan fingerprint density at radius 3 is 2.36 bits per heavy atom. The average molecular weight is 485 g/mol. The van der Waals surface area contributed by atoms with E-state index in [9.17, 15) is 32.6 Å². The number of nitrogens with zero attached hydrogens (tertiary/aromatic N) is 1. The number of amides is 1. The number of aromatic nitrogens is 1. The summed E-state index contributed by atoms with van der Waals surface area (Å²) < 4.78 is 47.0. The van der Waals surface area contributed by atoms with Crippen LogP contribution >= 0.6 is 11.6 Å². The lowest BCUT2D eigenvalue weighted by Gasteiger charge is -2.12. The van der Waals surface area contributed by atoms with Crippen LogP contribution in [0, 0.1) is 12.7 Å². The third-order valence-electron chi connectivity index (χ3n) is 4.47. The molecule has 0 aliphatic heterocycles. The first kappa shape index (κ1) is 26.1. The fourth-order valence-corrected chi connectivity index (χ4v) is 2.75. The van der Waals surface area contributed by atoms with Crippen LogP contribution in [0.5, 0.6) is 5.75 Å². The van der Waals surface area contributed by atoms with E-state index in [0.29, 0.717) is 5.69 Å². The molecule has 3 aromatic rings. The lowest BCUT2D eigenvalue weighted by atomic mass is 10.0. The predicted octanol–water partition coefficient (Wildman–Crippen LogP) is 6.26. The van der Waals surface area contributed by atoms with E-state index < -0.39 is 30.9 Å². The van der Waals surface area contributed by atoms with Crippen molar-refractivity contribution in [3.63, 3.8) is 0 Å². The molecule has 33 heavy (non-hydrogen) atoms. The topological polar surface area (TPSA) is 82.5 Å². The van der Waals surface area contributed by atoms with Crippen molar-refractivity contribution in [3.05, 3.63) is 76.2 Å². The van der Waals surface area contributed by atoms with Gasteiger partial charge in [-0.2, -0.15) is 13.2 Å². The monoisotopic (exact) mass is 484 g/mol. The lowest BCUT2D eigenvalue weighted by Crippen LogP contribution is -2.13. The molecule has 10 heteroatoms. The summed E-state index contributed by atoms with van der Waals surface area (Å²) in [5.41, 5.74) is 1.57. The van der Waals surface area contributed by atoms with Gasteiger partial charge in [-0.25, -0.2) is 9.37 Å². The Labute approximate surface area is 192 Å². The molecule has 0 aliphatic rings. The second kappa shape index (κ2) is 11.1. The van der Waals surface area contributed by atoms with Gasteiger partial charge in [-0.05, 0) is 42.8 Å². The first-order valence-corrected chi connectivity index (χ1v) is 10.1. The van der Waals surface area contributed by atoms with Crippen molar-refractivity contribution in [2.75, 3.05) is 5.32 Å². The van der Waals surface area contributed by atoms with Gasteiger partial charge in [0.15, 0.2) is 0 Å². The average Bonchev–Trinajstić information content (AvgIpc) is 2.77. The SMILES string of the molecule is CCC(F)(F)F.Cc1ccccc1NC(=O)c1cc(F)c(-c2ccc(Cl)c(CO)n2)cc1O. The number of aliphatic hydroxyl groups excluding tert-OH is 1. The van der Waals surface area contributed by atoms with Crippen molar-refractivity contribution >= 4 is 23.2 Å². The number of pyridine rings is 1. The lowest BCUT2D eigenvalue weighted by molar-refractivity contribution is -0.130. The van der Waals surface area contributed by atoms with Crippen LogP contribution < -0.4 is 5.32 Å². The number of phenols is 1. The molecule has 1 amide bonds. The number of anilines is 1. The molecular weight excluding hydrogens is 464 g/mol. The molecule has 5 nitrogen and oxygen atoms in total. The van der Waals surface area contributed by atoms with Crippen LogP contribution in [0.2, 0.25) is 5.02 Å². The molecule has 176 valence electrons. The number of nitrogens with one attached hydrogen (secondary N) is 1. The smallest absolute Gasteiger partial charge is 0.388 e. The van der Waals surface area contributed by atoms with E-state index in [1.54, 1.807) is 12.1 Å². The number of carbonyl (C=O) groups is 1. The van der Waals surface area contributed by atoms with E-state index in [-0.39, 0.29) is 33.3 Å². The van der Waals surface area contributed by atoms with Crippen molar-refractivity contribution in [2.24, 2.45) is 0 Å². The standard InChI is InChI=1S/C20H16ClFN2O3.C3H5F3/c1-11-4-2-3-5-16(11)24-20(27)13-8-15(22)12(9-19(13)26)17-7-6-14(21)18(10-25)23-17;1-2-3(4,5)6/h2-9,25-26H,10H2,1H3,(H,24,27);2H2,1H3. The molecule has 1 aromatic heterocycles. The van der Waals surface area contributed by atoms with Crippen LogP contribution in [0.3, 0.4) is 0 Å². The summed E-state index contributed by atoms with van der Waals surface area (Å²) in [7, 11) is 0. The van der Waals surface area contributed by atoms with Gasteiger partial charge in [0.05, 0.1) is 28.6 Å². The largest absolute Gasteiger partial charge is 0.507 e. The molecule has 0 saturated heterocycles. The number of halogens is 5. The Morgan fingerprint density at radius 2 is 1.79 bits per heavy atom. The van der Waals surface area contributed by atoms with Gasteiger partial charge in [0, 0.05) is 17.7 Å². The maximum atomic E-state index is 14.6. The van der Waals surface area contributed by atoms with Gasteiger partial charge < -0.3 is 15.5 Å². The van der Waals surface area contributed by atoms with Crippen molar-refractivity contribution in [3.8, 4) is 17.0 Å². The van der Waals surface area contributed by atoms with Gasteiger partial charge in [0.2, 0.25) is 0 Å². The minimum Gasteiger partial charge on any atom is -0.507 e. The van der Waals surface area contributed by atoms with Crippen LogP contribution in [0.15, 0.2) is 48.5 Å². The minimum atomic E-state index is -3.96. The molecule has 0 saturated carbocycles. The zero-order chi connectivity index (χ0) is 24.8. The first-order chi connectivity index (χ1) is 15.5. The highest BCUT2D eigenvalue weighted by atomic mass is 35.5. The summed E-state index contributed by atoms with van der Waals surface area (Å²) in [5.74, 6) is -1.76. The normalized spacial score (nSPS) is 10.9. The number of aryl methyl sites for hydroxylation is 1. The molecule has 0 fully saturated rings. The Morgan fingerprint density at radius 1 is 1.15 bits per heavy atom. The van der Waals surface area contributed by atoms with Gasteiger partial charge in [0.1, 0.15) is 11.6 Å². The van der Waals surface area contributed by atoms with Crippen LogP contribution in [-0.4, -0.2) is 27.3 Å². The van der Waals surface area contributed by atoms with E-state index >= 15 is 0 Å². The number of phenolic OH excluding ortho intramolecular Hbond substituents is 1. The van der Waals surface area contributed by atoms with Crippen LogP contribution in [0.1, 0.15) is 35.0 Å². The Kier molecular flexibility index (Phi) is 8.78. The van der Waals surface area contributed by atoms with Crippen LogP contribution in [0.25, 0.3) is 11.3 Å². The third kappa shape index (κ3) is 7.16. The highest BCUT2D eigenvalue weighted by molar-refractivity contribution is 6.31. The van der Waals surface area contributed by atoms with Crippen molar-refractivity contribution in [1.82, 2.24) is 4.98 Å². The number of benzene rings is 2. The second-order valence-electron chi connectivity index (χ2n) is 6.87. The van der Waals surface area contributed by atoms with Gasteiger partial charge in [-0.3, -0.25) is 4.79 Å². The number of carbonyl (C=O) groups excluding carboxylic acids is 1. The fraction of sp³-hybridized carbons (Fsp3) is 0.217. The Balaban J connectivity index is 0.000000569. The summed E-state index contributed by atoms with van der Waals surface area (Å²) in [6.45, 7) is 2.50. The highest BCUT2D eigenvalue weighted by Gasteiger charge is 2.22. The number of alkyl halides is 3. The number of hydrogen-bond acceptors (Lipinski definition) is 4. The van der Waals surface area contributed by atoms with Gasteiger partial charge >= 0.3 is 6.18 Å². The zero-order valence-electron chi connectivity index (χ0n) is 17.7. The highest BCUT2D eigenvalue weighted by Crippen LogP contribution is 2.31. The zero-order valence-corrected chi connectivity index (χ0v) is 18.4. The number of hydrogen-bond donors (Lipinski definition) is 3. The number of aromatic hydroxyl groups is 1. The van der Waals surface area contributed by atoms with Crippen LogP contribution in [-0.2, 0) is 6.61 Å². The summed E-state index contributed by atoms with van der Waals surface area (Å²) in [6.07, 6.45) is -4.69. The van der Waals surface area contributed by atoms with E-state index in [2.05, 4.69) is 10.3 Å². The Hall–Kier alpha value is -3.17. The molecule has 3 rings (SSSR count). The molecule has 2 aromatic carbocycles. The molecule has 1 heterocycles. The molecule has 0 aliphatic carbocycles. The summed E-state index contributed by atoms with van der Waals surface area (Å²) in [5, 5.41) is 22.4. The van der Waals surface area contributed by atoms with E-state index in [4.69, 9.17) is 11.6 Å². The number of rotatable bonds is 4. The van der Waals surface area contributed by atoms with E-state index in [0.717, 1.165) is 24.6 Å². The van der Waals surface area contributed by atoms with Crippen molar-refractivity contribution in [1.29, 1.82) is 0 Å². The Bertz CT molecular complexity index is 1140. The van der Waals surface area contributed by atoms with Gasteiger partial charge in [-0.15, -0.1) is 0 Å². The van der Waals surface area contributed by atoms with Gasteiger partial charge in [0.25, 0.3) is 5.91 Å². The molecule has 0 bridgehead atoms. The van der Waals surface area contributed by atoms with Crippen molar-refractivity contribution in [2.45, 2.75) is 33.1 Å². The molecule has 3 N–H and O–H groups in total. The number of aliphatic hydroxyl groups is 1. The maximum Gasteiger partial charge on any atom is 0.388 e. The first-order valence-electron chi connectivity index (χ1n) is 9.69. The number of para-hydroxylation sites is 1. The maximum absolute atomic E-state index is 14.6. The van der Waals surface area contributed by atoms with Crippen molar-refractivity contribution < 1.29 is 32.6 Å². The molecule has 0 radical (unpaired) electrons. The second-order valence-corrected chi connectivity index (χ2v) is 7.28. The molecular formula is C23H21ClF4N2O3. The molecule has 0 unspecified atom stereocenters. The summed E-state index contributed by atoms with van der Waals surface area (Å²) >= 11 is 5.89.